The second kappa shape index (κ2) is 5.62. The van der Waals surface area contributed by atoms with Gasteiger partial charge < -0.3 is 14.8 Å². The third-order valence-electron chi connectivity index (χ3n) is 2.59. The normalized spacial score (nSPS) is 19.6. The summed E-state index contributed by atoms with van der Waals surface area (Å²) < 4.78 is 23.9. The molecule has 1 aromatic rings. The van der Waals surface area contributed by atoms with Gasteiger partial charge in [-0.25, -0.2) is 4.39 Å². The maximum atomic E-state index is 13.5. The molecule has 90 valence electrons. The lowest BCUT2D eigenvalue weighted by Gasteiger charge is -2.23. The van der Waals surface area contributed by atoms with Gasteiger partial charge in [-0.15, -0.1) is 0 Å². The standard InChI is InChI=1S/C12H13FN2O2/c13-11-5-9(6-14)1-2-12(11)15-7-10-3-4-16-8-17-10/h1-2,5,10,15H,3-4,7-8H2. The molecular weight excluding hydrogens is 223 g/mol. The predicted octanol–water partition coefficient (Wildman–Crippen LogP) is 1.87. The molecule has 2 rings (SSSR count). The summed E-state index contributed by atoms with van der Waals surface area (Å²) >= 11 is 0. The third-order valence-corrected chi connectivity index (χ3v) is 2.59. The Hall–Kier alpha value is -1.64. The maximum absolute atomic E-state index is 13.5. The lowest BCUT2D eigenvalue weighted by Crippen LogP contribution is -2.30. The van der Waals surface area contributed by atoms with Gasteiger partial charge in [0.15, 0.2) is 0 Å². The fraction of sp³-hybridized carbons (Fsp3) is 0.417. The van der Waals surface area contributed by atoms with Crippen molar-refractivity contribution in [3.05, 3.63) is 29.6 Å². The summed E-state index contributed by atoms with van der Waals surface area (Å²) in [4.78, 5) is 0. The van der Waals surface area contributed by atoms with E-state index in [1.165, 1.54) is 6.07 Å². The number of ether oxygens (including phenoxy) is 2. The van der Waals surface area contributed by atoms with E-state index in [2.05, 4.69) is 5.32 Å². The average molecular weight is 236 g/mol. The van der Waals surface area contributed by atoms with E-state index >= 15 is 0 Å². The van der Waals surface area contributed by atoms with Gasteiger partial charge in [-0.3, -0.25) is 0 Å². The summed E-state index contributed by atoms with van der Waals surface area (Å²) in [6.45, 7) is 1.50. The Morgan fingerprint density at radius 3 is 3.06 bits per heavy atom. The highest BCUT2D eigenvalue weighted by Crippen LogP contribution is 2.16. The molecule has 1 saturated heterocycles. The summed E-state index contributed by atoms with van der Waals surface area (Å²) in [6.07, 6.45) is 0.837. The van der Waals surface area contributed by atoms with E-state index in [0.717, 1.165) is 6.42 Å². The number of hydrogen-bond acceptors (Lipinski definition) is 4. The van der Waals surface area contributed by atoms with Crippen LogP contribution in [0.4, 0.5) is 10.1 Å². The monoisotopic (exact) mass is 236 g/mol. The molecule has 0 amide bonds. The highest BCUT2D eigenvalue weighted by Gasteiger charge is 2.14. The van der Waals surface area contributed by atoms with Gasteiger partial charge in [0.2, 0.25) is 0 Å². The fourth-order valence-corrected chi connectivity index (χ4v) is 1.61. The molecule has 1 unspecified atom stereocenters. The zero-order valence-corrected chi connectivity index (χ0v) is 9.28. The van der Waals surface area contributed by atoms with Crippen LogP contribution in [0.2, 0.25) is 0 Å². The Morgan fingerprint density at radius 1 is 1.53 bits per heavy atom. The number of hydrogen-bond donors (Lipinski definition) is 1. The minimum atomic E-state index is -0.420. The lowest BCUT2D eigenvalue weighted by atomic mass is 10.2. The number of nitriles is 1. The first-order valence-corrected chi connectivity index (χ1v) is 5.42. The number of anilines is 1. The van der Waals surface area contributed by atoms with Gasteiger partial charge in [-0.2, -0.15) is 5.26 Å². The van der Waals surface area contributed by atoms with Gasteiger partial charge in [0.25, 0.3) is 0 Å². The number of halogens is 1. The van der Waals surface area contributed by atoms with Crippen LogP contribution in [0.1, 0.15) is 12.0 Å². The van der Waals surface area contributed by atoms with Crippen molar-refractivity contribution in [3.63, 3.8) is 0 Å². The summed E-state index contributed by atoms with van der Waals surface area (Å²) in [5.41, 5.74) is 0.703. The van der Waals surface area contributed by atoms with Crippen LogP contribution < -0.4 is 5.32 Å². The number of rotatable bonds is 3. The summed E-state index contributed by atoms with van der Waals surface area (Å²) in [6, 6.07) is 6.25. The first-order valence-electron chi connectivity index (χ1n) is 5.42. The van der Waals surface area contributed by atoms with Gasteiger partial charge in [-0.1, -0.05) is 0 Å². The average Bonchev–Trinajstić information content (AvgIpc) is 2.38. The molecule has 1 aliphatic heterocycles. The molecule has 1 aromatic carbocycles. The molecule has 0 spiro atoms. The minimum absolute atomic E-state index is 0.0405. The Labute approximate surface area is 99.0 Å². The van der Waals surface area contributed by atoms with E-state index in [1.807, 2.05) is 6.07 Å². The second-order valence-electron chi connectivity index (χ2n) is 3.79. The molecule has 1 fully saturated rings. The summed E-state index contributed by atoms with van der Waals surface area (Å²) in [5.74, 6) is -0.420. The molecular formula is C12H13FN2O2. The minimum Gasteiger partial charge on any atom is -0.380 e. The number of nitrogens with one attached hydrogen (secondary N) is 1. The van der Waals surface area contributed by atoms with Crippen LogP contribution in [-0.4, -0.2) is 26.0 Å². The topological polar surface area (TPSA) is 54.3 Å². The molecule has 0 saturated carbocycles. The molecule has 1 heterocycles. The Morgan fingerprint density at radius 2 is 2.41 bits per heavy atom. The molecule has 0 aliphatic carbocycles. The fourth-order valence-electron chi connectivity index (χ4n) is 1.61. The SMILES string of the molecule is N#Cc1ccc(NCC2CCOCO2)c(F)c1. The smallest absolute Gasteiger partial charge is 0.147 e. The quantitative estimate of drug-likeness (QED) is 0.870. The molecule has 0 radical (unpaired) electrons. The number of nitrogens with zero attached hydrogens (tertiary/aromatic N) is 1. The Bertz CT molecular complexity index is 425. The maximum Gasteiger partial charge on any atom is 0.147 e. The third kappa shape index (κ3) is 3.16. The molecule has 4 nitrogen and oxygen atoms in total. The Balaban J connectivity index is 1.92. The van der Waals surface area contributed by atoms with Crippen molar-refractivity contribution in [2.75, 3.05) is 25.3 Å². The van der Waals surface area contributed by atoms with Crippen LogP contribution in [0.3, 0.4) is 0 Å². The van der Waals surface area contributed by atoms with Crippen molar-refractivity contribution < 1.29 is 13.9 Å². The molecule has 0 aromatic heterocycles. The zero-order valence-electron chi connectivity index (χ0n) is 9.28. The highest BCUT2D eigenvalue weighted by molar-refractivity contribution is 5.48. The Kier molecular flexibility index (Phi) is 3.91. The van der Waals surface area contributed by atoms with Crippen LogP contribution in [0.15, 0.2) is 18.2 Å². The van der Waals surface area contributed by atoms with Crippen molar-refractivity contribution in [3.8, 4) is 6.07 Å². The highest BCUT2D eigenvalue weighted by atomic mass is 19.1. The molecule has 0 bridgehead atoms. The van der Waals surface area contributed by atoms with E-state index in [9.17, 15) is 4.39 Å². The van der Waals surface area contributed by atoms with Crippen LogP contribution in [0.25, 0.3) is 0 Å². The lowest BCUT2D eigenvalue weighted by molar-refractivity contribution is -0.133. The summed E-state index contributed by atoms with van der Waals surface area (Å²) in [7, 11) is 0. The molecule has 1 aliphatic rings. The van der Waals surface area contributed by atoms with E-state index in [4.69, 9.17) is 14.7 Å². The largest absolute Gasteiger partial charge is 0.380 e. The predicted molar refractivity (Wildman–Crippen MR) is 59.9 cm³/mol. The second-order valence-corrected chi connectivity index (χ2v) is 3.79. The molecule has 1 atom stereocenters. The van der Waals surface area contributed by atoms with Gasteiger partial charge >= 0.3 is 0 Å². The van der Waals surface area contributed by atoms with E-state index in [1.54, 1.807) is 12.1 Å². The van der Waals surface area contributed by atoms with Gasteiger partial charge in [0, 0.05) is 6.54 Å². The van der Waals surface area contributed by atoms with Crippen molar-refractivity contribution in [1.29, 1.82) is 5.26 Å². The van der Waals surface area contributed by atoms with Gasteiger partial charge in [0.05, 0.1) is 30.0 Å². The van der Waals surface area contributed by atoms with E-state index in [0.29, 0.717) is 31.2 Å². The molecule has 17 heavy (non-hydrogen) atoms. The van der Waals surface area contributed by atoms with Crippen molar-refractivity contribution >= 4 is 5.69 Å². The van der Waals surface area contributed by atoms with Crippen LogP contribution in [0, 0.1) is 17.1 Å². The first kappa shape index (κ1) is 11.8. The van der Waals surface area contributed by atoms with Crippen molar-refractivity contribution in [2.45, 2.75) is 12.5 Å². The zero-order chi connectivity index (χ0) is 12.1. The van der Waals surface area contributed by atoms with Crippen molar-refractivity contribution in [2.24, 2.45) is 0 Å². The van der Waals surface area contributed by atoms with Crippen LogP contribution in [-0.2, 0) is 9.47 Å². The molecule has 5 heteroatoms. The van der Waals surface area contributed by atoms with Gasteiger partial charge in [0.1, 0.15) is 12.6 Å². The van der Waals surface area contributed by atoms with Crippen molar-refractivity contribution in [1.82, 2.24) is 0 Å². The van der Waals surface area contributed by atoms with E-state index in [-0.39, 0.29) is 6.10 Å². The first-order chi connectivity index (χ1) is 8.29. The van der Waals surface area contributed by atoms with Crippen LogP contribution in [0.5, 0.6) is 0 Å². The van der Waals surface area contributed by atoms with Gasteiger partial charge in [-0.05, 0) is 24.6 Å². The van der Waals surface area contributed by atoms with Crippen LogP contribution >= 0.6 is 0 Å². The summed E-state index contributed by atoms with van der Waals surface area (Å²) in [5, 5.41) is 11.6. The van der Waals surface area contributed by atoms with E-state index < -0.39 is 5.82 Å². The number of benzene rings is 1. The molecule has 1 N–H and O–H groups in total.